The van der Waals surface area contributed by atoms with E-state index in [1.165, 1.54) is 11.1 Å². The van der Waals surface area contributed by atoms with E-state index in [0.717, 1.165) is 61.7 Å². The fourth-order valence-corrected chi connectivity index (χ4v) is 7.74. The molecule has 2 bridgehead atoms. The minimum atomic E-state index is -2.16. The summed E-state index contributed by atoms with van der Waals surface area (Å²) in [5, 5.41) is 10.1. The zero-order valence-electron chi connectivity index (χ0n) is 24.3. The van der Waals surface area contributed by atoms with E-state index in [4.69, 9.17) is 25.8 Å². The summed E-state index contributed by atoms with van der Waals surface area (Å²) < 4.78 is 35.2. The summed E-state index contributed by atoms with van der Waals surface area (Å²) in [6.45, 7) is 3.96. The Bertz CT molecular complexity index is 1390. The molecule has 2 aromatic rings. The van der Waals surface area contributed by atoms with Crippen molar-refractivity contribution in [2.24, 2.45) is 10.3 Å². The number of aliphatic hydroxyl groups is 1. The molecule has 2 aliphatic heterocycles. The number of hydrogen-bond acceptors (Lipinski definition) is 7. The predicted octanol–water partition coefficient (Wildman–Crippen LogP) is 5.00. The first-order valence-corrected chi connectivity index (χ1v) is 16.5. The Hall–Kier alpha value is -2.43. The molecule has 1 spiro atoms. The van der Waals surface area contributed by atoms with Gasteiger partial charge in [0.15, 0.2) is 0 Å². The number of benzene rings is 2. The summed E-state index contributed by atoms with van der Waals surface area (Å²) in [5.74, 6) is 0.234. The number of anilines is 1. The third kappa shape index (κ3) is 7.03. The monoisotopic (exact) mass is 616 g/mol. The van der Waals surface area contributed by atoms with Gasteiger partial charge in [-0.25, -0.2) is 0 Å². The molecule has 8 nitrogen and oxygen atoms in total. The standard InChI is InChI=1S/C32H41ClN2O6S/c1-22-19-42(38)34-31(37)24-7-11-30-28(18-24)35(14-4-6-26(39-2)9-12-29(22)40-16-15-36)20-32(21-41-30)13-3-5-23-17-25(33)8-10-27(23)32/h7-12,17-18,22,26,29,36,42H,3-6,13-16,19-21H2,1-2H3/b12-9+/t22-,26-,29+,32+/m1/s1. The SMILES string of the molecule is CO[C@H]1/C=C/[C@H](OCCO)[C@H](C)C/[SH](=O)=N\C(=O)c2ccc3c(c2)N(CCC1)C[C@@]1(CCCc2cc(Cl)ccc21)CO3. The average Bonchev–Trinajstić information content (AvgIpc) is 3.12. The molecule has 5 atom stereocenters. The van der Waals surface area contributed by atoms with Gasteiger partial charge in [0.25, 0.3) is 5.91 Å². The van der Waals surface area contributed by atoms with Gasteiger partial charge in [-0.3, -0.25) is 9.00 Å². The summed E-state index contributed by atoms with van der Waals surface area (Å²) in [6.07, 6.45) is 8.04. The first-order chi connectivity index (χ1) is 20.3. The lowest BCUT2D eigenvalue weighted by Crippen LogP contribution is -2.46. The fourth-order valence-electron chi connectivity index (χ4n) is 6.44. The average molecular weight is 617 g/mol. The van der Waals surface area contributed by atoms with Gasteiger partial charge in [0, 0.05) is 52.5 Å². The van der Waals surface area contributed by atoms with Gasteiger partial charge in [-0.15, -0.1) is 0 Å². The molecule has 3 aliphatic rings. The maximum absolute atomic E-state index is 13.2. The molecule has 1 amide bonds. The number of thiol groups is 1. The van der Waals surface area contributed by atoms with E-state index >= 15 is 0 Å². The van der Waals surface area contributed by atoms with Crippen molar-refractivity contribution < 1.29 is 28.3 Å². The Morgan fingerprint density at radius 3 is 2.88 bits per heavy atom. The molecule has 228 valence electrons. The number of halogens is 1. The molecule has 1 unspecified atom stereocenters. The van der Waals surface area contributed by atoms with E-state index in [9.17, 15) is 14.1 Å². The molecule has 10 heteroatoms. The molecule has 0 saturated carbocycles. The maximum Gasteiger partial charge on any atom is 0.284 e. The van der Waals surface area contributed by atoms with Crippen LogP contribution in [0.1, 0.15) is 54.1 Å². The van der Waals surface area contributed by atoms with Crippen molar-refractivity contribution >= 4 is 33.8 Å². The first-order valence-electron chi connectivity index (χ1n) is 14.8. The van der Waals surface area contributed by atoms with Crippen LogP contribution in [0.2, 0.25) is 5.02 Å². The lowest BCUT2D eigenvalue weighted by Gasteiger charge is -2.41. The highest BCUT2D eigenvalue weighted by Crippen LogP contribution is 2.44. The third-order valence-electron chi connectivity index (χ3n) is 8.63. The van der Waals surface area contributed by atoms with Crippen LogP contribution in [0, 0.1) is 5.92 Å². The lowest BCUT2D eigenvalue weighted by molar-refractivity contribution is 0.0309. The number of aliphatic hydroxyl groups excluding tert-OH is 1. The quantitative estimate of drug-likeness (QED) is 0.369. The van der Waals surface area contributed by atoms with Crippen LogP contribution in [0.25, 0.3) is 0 Å². The number of carbonyl (C=O) groups excluding carboxylic acids is 1. The second kappa shape index (κ2) is 13.9. The van der Waals surface area contributed by atoms with Gasteiger partial charge in [-0.2, -0.15) is 4.36 Å². The molecule has 2 aromatic carbocycles. The van der Waals surface area contributed by atoms with Crippen molar-refractivity contribution in [3.8, 4) is 5.75 Å². The predicted molar refractivity (Wildman–Crippen MR) is 167 cm³/mol. The number of fused-ring (bicyclic) bond motifs is 3. The number of methoxy groups -OCH3 is 1. The number of carbonyl (C=O) groups is 1. The first kappa shape index (κ1) is 31.0. The maximum atomic E-state index is 13.2. The normalized spacial score (nSPS) is 29.6. The highest BCUT2D eigenvalue weighted by molar-refractivity contribution is 7.75. The van der Waals surface area contributed by atoms with Crippen LogP contribution >= 0.6 is 11.6 Å². The van der Waals surface area contributed by atoms with Crippen LogP contribution in [-0.2, 0) is 31.9 Å². The molecular weight excluding hydrogens is 576 g/mol. The van der Waals surface area contributed by atoms with Crippen LogP contribution in [0.4, 0.5) is 5.69 Å². The molecule has 2 heterocycles. The second-order valence-corrected chi connectivity index (χ2v) is 13.3. The van der Waals surface area contributed by atoms with Crippen LogP contribution in [-0.4, -0.2) is 73.2 Å². The highest BCUT2D eigenvalue weighted by Gasteiger charge is 2.41. The molecule has 42 heavy (non-hydrogen) atoms. The van der Waals surface area contributed by atoms with Crippen LogP contribution < -0.4 is 9.64 Å². The van der Waals surface area contributed by atoms with E-state index in [0.29, 0.717) is 12.2 Å². The Morgan fingerprint density at radius 2 is 2.07 bits per heavy atom. The van der Waals surface area contributed by atoms with E-state index < -0.39 is 16.5 Å². The summed E-state index contributed by atoms with van der Waals surface area (Å²) in [7, 11) is -0.466. The lowest BCUT2D eigenvalue weighted by atomic mass is 9.70. The summed E-state index contributed by atoms with van der Waals surface area (Å²) in [6, 6.07) is 11.6. The van der Waals surface area contributed by atoms with Crippen molar-refractivity contribution in [3.63, 3.8) is 0 Å². The zero-order chi connectivity index (χ0) is 29.7. The van der Waals surface area contributed by atoms with Gasteiger partial charge in [0.2, 0.25) is 0 Å². The van der Waals surface area contributed by atoms with Gasteiger partial charge in [-0.05, 0) is 79.5 Å². The Kier molecular flexibility index (Phi) is 10.3. The van der Waals surface area contributed by atoms with Gasteiger partial charge in [0.1, 0.15) is 5.75 Å². The zero-order valence-corrected chi connectivity index (χ0v) is 26.0. The molecule has 1 aliphatic carbocycles. The van der Waals surface area contributed by atoms with Crippen LogP contribution in [0.15, 0.2) is 52.9 Å². The van der Waals surface area contributed by atoms with E-state index in [2.05, 4.69) is 21.4 Å². The topological polar surface area (TPSA) is 97.7 Å². The van der Waals surface area contributed by atoms with Crippen molar-refractivity contribution in [1.29, 1.82) is 0 Å². The molecule has 0 saturated heterocycles. The Morgan fingerprint density at radius 1 is 1.21 bits per heavy atom. The van der Waals surface area contributed by atoms with Crippen molar-refractivity contribution in [3.05, 3.63) is 70.3 Å². The fraction of sp³-hybridized carbons (Fsp3) is 0.531. The molecule has 0 aromatic heterocycles. The van der Waals surface area contributed by atoms with E-state index in [-0.39, 0.29) is 42.5 Å². The van der Waals surface area contributed by atoms with Gasteiger partial charge in [0.05, 0.1) is 37.7 Å². The number of hydrogen-bond donors (Lipinski definition) is 2. The molecular formula is C32H41ClN2O6S. The van der Waals surface area contributed by atoms with Crippen molar-refractivity contribution in [1.82, 2.24) is 0 Å². The van der Waals surface area contributed by atoms with E-state index in [1.807, 2.05) is 37.3 Å². The molecule has 1 N–H and O–H groups in total. The molecule has 5 rings (SSSR count). The summed E-state index contributed by atoms with van der Waals surface area (Å²) in [4.78, 5) is 15.5. The largest absolute Gasteiger partial charge is 0.490 e. The smallest absolute Gasteiger partial charge is 0.284 e. The van der Waals surface area contributed by atoms with Gasteiger partial charge >= 0.3 is 0 Å². The minimum Gasteiger partial charge on any atom is -0.490 e. The summed E-state index contributed by atoms with van der Waals surface area (Å²) in [5.41, 5.74) is 3.57. The number of nitrogens with zero attached hydrogens (tertiary/aromatic N) is 2. The highest BCUT2D eigenvalue weighted by atomic mass is 35.5. The number of aryl methyl sites for hydroxylation is 1. The van der Waals surface area contributed by atoms with Crippen molar-refractivity contribution in [2.75, 3.05) is 50.7 Å². The second-order valence-electron chi connectivity index (χ2n) is 11.6. The van der Waals surface area contributed by atoms with E-state index in [1.54, 1.807) is 13.2 Å². The van der Waals surface area contributed by atoms with Crippen molar-refractivity contribution in [2.45, 2.75) is 56.7 Å². The molecule has 0 fully saturated rings. The minimum absolute atomic E-state index is 0.114. The Balaban J connectivity index is 1.52. The Labute approximate surface area is 255 Å². The number of rotatable bonds is 4. The molecule has 0 radical (unpaired) electrons. The van der Waals surface area contributed by atoms with Crippen LogP contribution in [0.5, 0.6) is 5.75 Å². The number of amides is 1. The summed E-state index contributed by atoms with van der Waals surface area (Å²) >= 11 is 6.38. The van der Waals surface area contributed by atoms with Gasteiger partial charge < -0.3 is 24.2 Å². The van der Waals surface area contributed by atoms with Gasteiger partial charge in [-0.1, -0.05) is 36.7 Å². The third-order valence-corrected chi connectivity index (χ3v) is 10.2. The van der Waals surface area contributed by atoms with Crippen LogP contribution in [0.3, 0.4) is 0 Å². The number of ether oxygens (including phenoxy) is 3.